The lowest BCUT2D eigenvalue weighted by atomic mass is 9.87. The van der Waals surface area contributed by atoms with E-state index in [0.717, 1.165) is 51.4 Å². The Labute approximate surface area is 190 Å². The number of amides is 1. The third kappa shape index (κ3) is 8.47. The van der Waals surface area contributed by atoms with E-state index in [1.165, 1.54) is 0 Å². The predicted molar refractivity (Wildman–Crippen MR) is 122 cm³/mol. The highest BCUT2D eigenvalue weighted by Crippen LogP contribution is 2.34. The number of hydrogen-bond donors (Lipinski definition) is 1. The molecule has 0 heterocycles. The van der Waals surface area contributed by atoms with Crippen molar-refractivity contribution in [2.45, 2.75) is 105 Å². The van der Waals surface area contributed by atoms with E-state index in [1.807, 2.05) is 27.7 Å². The third-order valence-electron chi connectivity index (χ3n) is 5.44. The topological polar surface area (TPSA) is 55.4 Å². The van der Waals surface area contributed by atoms with Crippen LogP contribution in [0.25, 0.3) is 0 Å². The van der Waals surface area contributed by atoms with Crippen LogP contribution in [0.2, 0.25) is 0 Å². The second-order valence-electron chi connectivity index (χ2n) is 8.17. The second-order valence-corrected chi connectivity index (χ2v) is 8.17. The van der Waals surface area contributed by atoms with Gasteiger partial charge in [-0.1, -0.05) is 53.4 Å². The van der Waals surface area contributed by atoms with Crippen molar-refractivity contribution in [1.82, 2.24) is 0 Å². The quantitative estimate of drug-likeness (QED) is 0.238. The number of halogens is 3. The van der Waals surface area contributed by atoms with Crippen molar-refractivity contribution >= 4 is 17.6 Å². The second kappa shape index (κ2) is 14.2. The molecule has 0 fully saturated rings. The van der Waals surface area contributed by atoms with Crippen LogP contribution in [0.15, 0.2) is 6.07 Å². The van der Waals surface area contributed by atoms with Crippen molar-refractivity contribution in [3.63, 3.8) is 0 Å². The van der Waals surface area contributed by atoms with E-state index in [2.05, 4.69) is 5.32 Å². The van der Waals surface area contributed by atoms with Crippen molar-refractivity contribution in [1.29, 1.82) is 0 Å². The summed E-state index contributed by atoms with van der Waals surface area (Å²) in [5.41, 5.74) is 2.58. The van der Waals surface area contributed by atoms with Gasteiger partial charge in [0.2, 0.25) is 0 Å². The van der Waals surface area contributed by atoms with Crippen LogP contribution < -0.4 is 5.32 Å². The molecular formula is C25H38F3NO3. The summed E-state index contributed by atoms with van der Waals surface area (Å²) < 4.78 is 44.8. The average molecular weight is 458 g/mol. The van der Waals surface area contributed by atoms with Gasteiger partial charge in [-0.3, -0.25) is 4.79 Å². The van der Waals surface area contributed by atoms with Crippen LogP contribution >= 0.6 is 0 Å². The molecule has 0 saturated carbocycles. The first-order valence-electron chi connectivity index (χ1n) is 11.9. The van der Waals surface area contributed by atoms with E-state index in [-0.39, 0.29) is 5.69 Å². The molecule has 0 aliphatic rings. The minimum Gasteiger partial charge on any atom is -0.462 e. The Morgan fingerprint density at radius 3 is 1.91 bits per heavy atom. The Kier molecular flexibility index (Phi) is 12.4. The summed E-state index contributed by atoms with van der Waals surface area (Å²) >= 11 is 0. The van der Waals surface area contributed by atoms with E-state index in [0.29, 0.717) is 48.1 Å². The predicted octanol–water partition coefficient (Wildman–Crippen LogP) is 7.17. The molecule has 7 heteroatoms. The molecule has 0 unspecified atom stereocenters. The highest BCUT2D eigenvalue weighted by molar-refractivity contribution is 5.99. The first kappa shape index (κ1) is 28.0. The molecule has 32 heavy (non-hydrogen) atoms. The minimum atomic E-state index is -4.98. The zero-order valence-electron chi connectivity index (χ0n) is 19.9. The molecule has 1 amide bonds. The summed E-state index contributed by atoms with van der Waals surface area (Å²) in [6, 6.07) is 1.65. The number of benzene rings is 1. The van der Waals surface area contributed by atoms with Gasteiger partial charge in [0.1, 0.15) is 0 Å². The smallest absolute Gasteiger partial charge is 0.462 e. The Morgan fingerprint density at radius 2 is 1.38 bits per heavy atom. The monoisotopic (exact) mass is 457 g/mol. The van der Waals surface area contributed by atoms with Crippen LogP contribution in [0, 0.1) is 0 Å². The molecule has 0 radical (unpaired) electrons. The van der Waals surface area contributed by atoms with Gasteiger partial charge in [0.15, 0.2) is 0 Å². The van der Waals surface area contributed by atoms with Crippen LogP contribution in [-0.4, -0.2) is 24.7 Å². The fourth-order valence-corrected chi connectivity index (χ4v) is 3.58. The van der Waals surface area contributed by atoms with Gasteiger partial charge >= 0.3 is 18.1 Å². The molecule has 0 saturated heterocycles. The van der Waals surface area contributed by atoms with Crippen LogP contribution in [0.5, 0.6) is 0 Å². The number of rotatable bonds is 14. The number of ether oxygens (including phenoxy) is 1. The van der Waals surface area contributed by atoms with Gasteiger partial charge in [0, 0.05) is 5.69 Å². The fourth-order valence-electron chi connectivity index (χ4n) is 3.58. The van der Waals surface area contributed by atoms with Crippen molar-refractivity contribution in [3.8, 4) is 0 Å². The molecule has 0 spiro atoms. The molecule has 0 aromatic heterocycles. The first-order chi connectivity index (χ1) is 15.2. The zero-order valence-corrected chi connectivity index (χ0v) is 19.9. The maximum Gasteiger partial charge on any atom is 0.471 e. The summed E-state index contributed by atoms with van der Waals surface area (Å²) in [6.07, 6.45) is 3.01. The highest BCUT2D eigenvalue weighted by Gasteiger charge is 2.39. The van der Waals surface area contributed by atoms with Crippen molar-refractivity contribution < 1.29 is 27.5 Å². The zero-order chi connectivity index (χ0) is 24.1. The van der Waals surface area contributed by atoms with Gasteiger partial charge in [-0.2, -0.15) is 13.2 Å². The summed E-state index contributed by atoms with van der Waals surface area (Å²) in [4.78, 5) is 24.8. The standard InChI is InChI=1S/C25H38F3NO3/c1-5-9-13-18-17-21(23(30)32-16-12-8-4)19(14-10-6-2)20(15-11-7-3)22(18)29-24(31)25(26,27)28/h17H,5-16H2,1-4H3,(H,29,31). The van der Waals surface area contributed by atoms with Crippen molar-refractivity contribution in [2.24, 2.45) is 0 Å². The highest BCUT2D eigenvalue weighted by atomic mass is 19.4. The lowest BCUT2D eigenvalue weighted by Crippen LogP contribution is -2.31. The lowest BCUT2D eigenvalue weighted by molar-refractivity contribution is -0.167. The SMILES string of the molecule is CCCCOC(=O)c1cc(CCCC)c(NC(=O)C(F)(F)F)c(CCCC)c1CCCC. The number of nitrogens with one attached hydrogen (secondary N) is 1. The number of aryl methyl sites for hydroxylation is 1. The van der Waals surface area contributed by atoms with Gasteiger partial charge in [0.25, 0.3) is 0 Å². The first-order valence-corrected chi connectivity index (χ1v) is 11.9. The summed E-state index contributed by atoms with van der Waals surface area (Å²) in [7, 11) is 0. The largest absolute Gasteiger partial charge is 0.471 e. The van der Waals surface area contributed by atoms with Crippen molar-refractivity contribution in [2.75, 3.05) is 11.9 Å². The molecule has 1 N–H and O–H groups in total. The summed E-state index contributed by atoms with van der Waals surface area (Å²) in [5, 5.41) is 2.16. The molecular weight excluding hydrogens is 419 g/mol. The maximum atomic E-state index is 13.1. The molecule has 0 aliphatic heterocycles. The molecule has 4 nitrogen and oxygen atoms in total. The van der Waals surface area contributed by atoms with Crippen LogP contribution in [0.4, 0.5) is 18.9 Å². The van der Waals surface area contributed by atoms with E-state index in [4.69, 9.17) is 4.74 Å². The van der Waals surface area contributed by atoms with Gasteiger partial charge < -0.3 is 10.1 Å². The number of alkyl halides is 3. The van der Waals surface area contributed by atoms with E-state index in [1.54, 1.807) is 6.07 Å². The summed E-state index contributed by atoms with van der Waals surface area (Å²) in [6.45, 7) is 8.32. The normalized spacial score (nSPS) is 11.5. The molecule has 0 bridgehead atoms. The molecule has 1 aromatic carbocycles. The van der Waals surface area contributed by atoms with Gasteiger partial charge in [0.05, 0.1) is 12.2 Å². The maximum absolute atomic E-state index is 13.1. The molecule has 1 aromatic rings. The van der Waals surface area contributed by atoms with Crippen molar-refractivity contribution in [3.05, 3.63) is 28.3 Å². The van der Waals surface area contributed by atoms with Gasteiger partial charge in [-0.25, -0.2) is 4.79 Å². The van der Waals surface area contributed by atoms with Crippen LogP contribution in [0.1, 0.15) is 106 Å². The van der Waals surface area contributed by atoms with E-state index >= 15 is 0 Å². The molecule has 1 rings (SSSR count). The Bertz CT molecular complexity index is 745. The molecule has 0 aliphatic carbocycles. The lowest BCUT2D eigenvalue weighted by Gasteiger charge is -2.23. The Morgan fingerprint density at radius 1 is 0.844 bits per heavy atom. The van der Waals surface area contributed by atoms with Crippen LogP contribution in [0.3, 0.4) is 0 Å². The Hall–Kier alpha value is -2.05. The molecule has 0 atom stereocenters. The van der Waals surface area contributed by atoms with E-state index in [9.17, 15) is 22.8 Å². The third-order valence-corrected chi connectivity index (χ3v) is 5.44. The Balaban J connectivity index is 3.66. The number of anilines is 1. The van der Waals surface area contributed by atoms with Gasteiger partial charge in [-0.15, -0.1) is 0 Å². The average Bonchev–Trinajstić information content (AvgIpc) is 2.75. The molecule has 182 valence electrons. The summed E-state index contributed by atoms with van der Waals surface area (Å²) in [5.74, 6) is -2.42. The minimum absolute atomic E-state index is 0.227. The number of carbonyl (C=O) groups is 2. The fraction of sp³-hybridized carbons (Fsp3) is 0.680. The number of hydrogen-bond acceptors (Lipinski definition) is 3. The number of unbranched alkanes of at least 4 members (excludes halogenated alkanes) is 4. The van der Waals surface area contributed by atoms with Crippen LogP contribution in [-0.2, 0) is 28.8 Å². The van der Waals surface area contributed by atoms with Gasteiger partial charge in [-0.05, 0) is 67.7 Å². The number of esters is 1. The number of carbonyl (C=O) groups excluding carboxylic acids is 2. The van der Waals surface area contributed by atoms with E-state index < -0.39 is 18.1 Å².